The number of hydrogen-bond acceptors (Lipinski definition) is 6. The lowest BCUT2D eigenvalue weighted by atomic mass is 9.81. The minimum atomic E-state index is -4.56. The van der Waals surface area contributed by atoms with Gasteiger partial charge >= 0.3 is 6.09 Å². The fourth-order valence-corrected chi connectivity index (χ4v) is 6.12. The van der Waals surface area contributed by atoms with Gasteiger partial charge in [0, 0.05) is 16.9 Å². The highest BCUT2D eigenvalue weighted by Gasteiger charge is 2.30. The highest BCUT2D eigenvalue weighted by Crippen LogP contribution is 2.39. The van der Waals surface area contributed by atoms with Gasteiger partial charge in [-0.15, -0.1) is 0 Å². The van der Waals surface area contributed by atoms with Gasteiger partial charge < -0.3 is 9.84 Å². The Bertz CT molecular complexity index is 1680. The van der Waals surface area contributed by atoms with E-state index in [-0.39, 0.29) is 5.75 Å². The monoisotopic (exact) mass is 607 g/mol. The Morgan fingerprint density at radius 2 is 1.82 bits per heavy atom. The van der Waals surface area contributed by atoms with Crippen molar-refractivity contribution in [2.24, 2.45) is 0 Å². The summed E-state index contributed by atoms with van der Waals surface area (Å²) in [5, 5.41) is 9.71. The molecule has 0 aliphatic heterocycles. The first-order chi connectivity index (χ1) is 18.8. The molecule has 0 aliphatic rings. The van der Waals surface area contributed by atoms with Crippen LogP contribution >= 0.6 is 23.4 Å². The van der Waals surface area contributed by atoms with Gasteiger partial charge in [-0.1, -0.05) is 49.3 Å². The van der Waals surface area contributed by atoms with Gasteiger partial charge in [0.15, 0.2) is 5.16 Å². The second-order valence-corrected chi connectivity index (χ2v) is 12.2. The molecule has 0 unspecified atom stereocenters. The number of halogens is 3. The number of nitrogens with zero attached hydrogens (tertiary/aromatic N) is 2. The predicted molar refractivity (Wildman–Crippen MR) is 148 cm³/mol. The number of methoxy groups -OCH3 is 1. The van der Waals surface area contributed by atoms with Crippen LogP contribution in [-0.2, 0) is 21.2 Å². The molecule has 1 amide bonds. The smallest absolute Gasteiger partial charge is 0.418 e. The van der Waals surface area contributed by atoms with Crippen LogP contribution in [0.25, 0.3) is 5.69 Å². The Morgan fingerprint density at radius 1 is 1.12 bits per heavy atom. The highest BCUT2D eigenvalue weighted by atomic mass is 35.5. The van der Waals surface area contributed by atoms with Crippen molar-refractivity contribution in [2.75, 3.05) is 7.11 Å². The summed E-state index contributed by atoms with van der Waals surface area (Å²) in [6.07, 6.45) is -0.108. The number of ether oxygens (including phenoxy) is 1. The number of amides is 1. The SMILES string of the molecule is COc1cc(C(C)(C)c2cnc(SCc3ccc(S(=O)(=O)NC(=O)O)c(F)c3)n2-c2ccc(F)cc2)ccc1Cl. The molecule has 0 radical (unpaired) electrons. The Balaban J connectivity index is 1.71. The number of thioether (sulfide) groups is 1. The van der Waals surface area contributed by atoms with Crippen LogP contribution in [0.4, 0.5) is 13.6 Å². The van der Waals surface area contributed by atoms with E-state index in [1.807, 2.05) is 30.5 Å². The first-order valence-corrected chi connectivity index (χ1v) is 14.5. The molecule has 8 nitrogen and oxygen atoms in total. The Hall–Kier alpha value is -3.61. The Labute approximate surface area is 239 Å². The molecule has 1 aromatic heterocycles. The third kappa shape index (κ3) is 6.08. The minimum absolute atomic E-state index is 0.205. The van der Waals surface area contributed by atoms with Crippen LogP contribution in [0.1, 0.15) is 30.7 Å². The molecule has 0 atom stereocenters. The fraction of sp³-hybridized carbons (Fsp3) is 0.185. The van der Waals surface area contributed by atoms with E-state index in [0.717, 1.165) is 23.4 Å². The highest BCUT2D eigenvalue weighted by molar-refractivity contribution is 7.98. The van der Waals surface area contributed by atoms with Crippen molar-refractivity contribution < 1.29 is 31.8 Å². The average Bonchev–Trinajstić information content (AvgIpc) is 3.32. The fourth-order valence-electron chi connectivity index (χ4n) is 4.08. The van der Waals surface area contributed by atoms with Gasteiger partial charge in [0.25, 0.3) is 10.0 Å². The summed E-state index contributed by atoms with van der Waals surface area (Å²) in [7, 11) is -3.03. The normalized spacial score (nSPS) is 11.8. The topological polar surface area (TPSA) is 111 Å². The quantitative estimate of drug-likeness (QED) is 0.212. The van der Waals surface area contributed by atoms with E-state index in [4.69, 9.17) is 21.4 Å². The first-order valence-electron chi connectivity index (χ1n) is 11.7. The summed E-state index contributed by atoms with van der Waals surface area (Å²) in [5.74, 6) is -0.770. The Kier molecular flexibility index (Phi) is 8.43. The van der Waals surface area contributed by atoms with E-state index >= 15 is 0 Å². The predicted octanol–water partition coefficient (Wildman–Crippen LogP) is 6.39. The van der Waals surface area contributed by atoms with Crippen molar-refractivity contribution >= 4 is 39.5 Å². The molecule has 0 bridgehead atoms. The molecular weight excluding hydrogens is 584 g/mol. The summed E-state index contributed by atoms with van der Waals surface area (Å²) < 4.78 is 61.1. The maximum Gasteiger partial charge on any atom is 0.418 e. The van der Waals surface area contributed by atoms with E-state index in [1.165, 1.54) is 41.8 Å². The van der Waals surface area contributed by atoms with Crippen molar-refractivity contribution in [1.82, 2.24) is 14.3 Å². The number of carbonyl (C=O) groups is 1. The molecule has 0 fully saturated rings. The lowest BCUT2D eigenvalue weighted by Gasteiger charge is -2.28. The average molecular weight is 608 g/mol. The van der Waals surface area contributed by atoms with Crippen molar-refractivity contribution in [3.05, 3.63) is 100 Å². The molecule has 0 saturated carbocycles. The molecule has 4 rings (SSSR count). The third-order valence-electron chi connectivity index (χ3n) is 6.20. The van der Waals surface area contributed by atoms with Crippen molar-refractivity contribution in [2.45, 2.75) is 35.1 Å². The number of imidazole rings is 1. The molecule has 210 valence electrons. The number of rotatable bonds is 9. The second-order valence-electron chi connectivity index (χ2n) is 9.18. The number of carboxylic acid groups (broad SMARTS) is 1. The number of benzene rings is 3. The van der Waals surface area contributed by atoms with Gasteiger partial charge in [0.05, 0.1) is 24.0 Å². The van der Waals surface area contributed by atoms with E-state index in [9.17, 15) is 22.0 Å². The van der Waals surface area contributed by atoms with Gasteiger partial charge in [-0.05, 0) is 59.7 Å². The van der Waals surface area contributed by atoms with Crippen LogP contribution in [0.5, 0.6) is 5.75 Å². The molecule has 0 spiro atoms. The zero-order valence-corrected chi connectivity index (χ0v) is 23.9. The van der Waals surface area contributed by atoms with E-state index in [0.29, 0.717) is 27.2 Å². The van der Waals surface area contributed by atoms with Crippen LogP contribution in [0.2, 0.25) is 5.02 Å². The number of nitrogens with one attached hydrogen (secondary N) is 1. The van der Waals surface area contributed by atoms with Crippen LogP contribution in [0.15, 0.2) is 76.9 Å². The summed E-state index contributed by atoms with van der Waals surface area (Å²) in [6, 6.07) is 14.8. The molecule has 0 saturated heterocycles. The molecule has 13 heteroatoms. The van der Waals surface area contributed by atoms with Crippen LogP contribution in [0, 0.1) is 11.6 Å². The molecular formula is C27H24ClF2N3O5S2. The maximum atomic E-state index is 14.6. The zero-order chi connectivity index (χ0) is 29.2. The van der Waals surface area contributed by atoms with E-state index < -0.39 is 38.1 Å². The molecule has 40 heavy (non-hydrogen) atoms. The summed E-state index contributed by atoms with van der Waals surface area (Å²) in [6.45, 7) is 4.00. The molecule has 1 heterocycles. The number of aromatic nitrogens is 2. The van der Waals surface area contributed by atoms with Gasteiger partial charge in [0.1, 0.15) is 22.3 Å². The lowest BCUT2D eigenvalue weighted by molar-refractivity contribution is 0.201. The van der Waals surface area contributed by atoms with Crippen molar-refractivity contribution in [3.63, 3.8) is 0 Å². The first kappa shape index (κ1) is 29.4. The molecule has 4 aromatic rings. The van der Waals surface area contributed by atoms with Crippen LogP contribution in [0.3, 0.4) is 0 Å². The Morgan fingerprint density at radius 3 is 2.45 bits per heavy atom. The zero-order valence-electron chi connectivity index (χ0n) is 21.5. The standard InChI is InChI=1S/C27H24ClF2N3O5S2/c1-27(2,17-5-10-20(28)22(13-17)38-3)24-14-31-25(33(24)19-8-6-18(29)7-9-19)39-15-16-4-11-23(21(30)12-16)40(36,37)32-26(34)35/h4-14,32H,15H2,1-3H3,(H,34,35). The second kappa shape index (κ2) is 11.5. The number of sulfonamides is 1. The number of hydrogen-bond donors (Lipinski definition) is 2. The largest absolute Gasteiger partial charge is 0.495 e. The van der Waals surface area contributed by atoms with Crippen LogP contribution < -0.4 is 9.46 Å². The maximum absolute atomic E-state index is 14.6. The van der Waals surface area contributed by atoms with Gasteiger partial charge in [-0.2, -0.15) is 0 Å². The van der Waals surface area contributed by atoms with Gasteiger partial charge in [-0.3, -0.25) is 4.57 Å². The van der Waals surface area contributed by atoms with Crippen molar-refractivity contribution in [3.8, 4) is 11.4 Å². The third-order valence-corrected chi connectivity index (χ3v) is 8.89. The summed E-state index contributed by atoms with van der Waals surface area (Å²) in [5.41, 5.74) is 2.14. The molecule has 3 aromatic carbocycles. The van der Waals surface area contributed by atoms with Crippen molar-refractivity contribution in [1.29, 1.82) is 0 Å². The van der Waals surface area contributed by atoms with Crippen LogP contribution in [-0.4, -0.2) is 36.3 Å². The van der Waals surface area contributed by atoms with Gasteiger partial charge in [-0.25, -0.2) is 31.7 Å². The summed E-state index contributed by atoms with van der Waals surface area (Å²) in [4.78, 5) is 14.6. The molecule has 2 N–H and O–H groups in total. The van der Waals surface area contributed by atoms with E-state index in [2.05, 4.69) is 4.98 Å². The minimum Gasteiger partial charge on any atom is -0.495 e. The lowest BCUT2D eigenvalue weighted by Crippen LogP contribution is -2.29. The molecule has 0 aliphatic carbocycles. The summed E-state index contributed by atoms with van der Waals surface area (Å²) >= 11 is 7.50. The van der Waals surface area contributed by atoms with Gasteiger partial charge in [0.2, 0.25) is 0 Å². The van der Waals surface area contributed by atoms with E-state index in [1.54, 1.807) is 24.4 Å².